The molecule has 1 fully saturated rings. The number of aliphatic carboxylic acids is 1. The maximum absolute atomic E-state index is 12.0. The summed E-state index contributed by atoms with van der Waals surface area (Å²) >= 11 is 0. The molecule has 0 bridgehead atoms. The third-order valence-electron chi connectivity index (χ3n) is 4.15. The fourth-order valence-electron chi connectivity index (χ4n) is 2.65. The highest BCUT2D eigenvalue weighted by Crippen LogP contribution is 2.24. The number of hydrogen-bond acceptors (Lipinski definition) is 4. The number of carbonyl (C=O) groups excluding carboxylic acids is 3. The van der Waals surface area contributed by atoms with Crippen LogP contribution in [0.2, 0.25) is 0 Å². The Bertz CT molecular complexity index is 486. The van der Waals surface area contributed by atoms with Crippen LogP contribution in [0.4, 0.5) is 0 Å². The predicted molar refractivity (Wildman–Crippen MR) is 87.0 cm³/mol. The van der Waals surface area contributed by atoms with E-state index < -0.39 is 29.9 Å². The Morgan fingerprint density at radius 2 is 1.62 bits per heavy atom. The highest BCUT2D eigenvalue weighted by molar-refractivity contribution is 5.91. The van der Waals surface area contributed by atoms with Gasteiger partial charge >= 0.3 is 5.97 Å². The molecule has 0 aromatic carbocycles. The lowest BCUT2D eigenvalue weighted by molar-refractivity contribution is -0.143. The van der Waals surface area contributed by atoms with Gasteiger partial charge in [0.1, 0.15) is 12.1 Å². The van der Waals surface area contributed by atoms with Gasteiger partial charge < -0.3 is 21.1 Å². The quantitative estimate of drug-likeness (QED) is 0.495. The van der Waals surface area contributed by atoms with Gasteiger partial charge in [-0.3, -0.25) is 14.4 Å². The van der Waals surface area contributed by atoms with E-state index in [-0.39, 0.29) is 24.3 Å². The molecule has 8 heteroatoms. The van der Waals surface area contributed by atoms with Crippen molar-refractivity contribution in [3.63, 3.8) is 0 Å². The van der Waals surface area contributed by atoms with Gasteiger partial charge in [0.05, 0.1) is 6.54 Å². The molecule has 3 amide bonds. The van der Waals surface area contributed by atoms with Gasteiger partial charge in [0.25, 0.3) is 0 Å². The zero-order chi connectivity index (χ0) is 18.3. The zero-order valence-corrected chi connectivity index (χ0v) is 14.4. The van der Waals surface area contributed by atoms with Crippen LogP contribution in [0.25, 0.3) is 0 Å². The van der Waals surface area contributed by atoms with Crippen LogP contribution < -0.4 is 16.0 Å². The van der Waals surface area contributed by atoms with E-state index in [0.717, 1.165) is 25.7 Å². The number of amides is 3. The fraction of sp³-hybridized carbons (Fsp3) is 0.750. The molecule has 1 saturated carbocycles. The van der Waals surface area contributed by atoms with Gasteiger partial charge in [-0.1, -0.05) is 26.7 Å². The van der Waals surface area contributed by atoms with Crippen molar-refractivity contribution in [3.8, 4) is 0 Å². The molecule has 136 valence electrons. The third-order valence-corrected chi connectivity index (χ3v) is 4.15. The minimum absolute atomic E-state index is 0.0270. The highest BCUT2D eigenvalue weighted by Gasteiger charge is 2.27. The van der Waals surface area contributed by atoms with E-state index in [1.807, 2.05) is 0 Å². The molecule has 0 aromatic rings. The van der Waals surface area contributed by atoms with Crippen molar-refractivity contribution in [3.05, 3.63) is 0 Å². The average Bonchev–Trinajstić information content (AvgIpc) is 3.03. The first-order valence-corrected chi connectivity index (χ1v) is 8.32. The fourth-order valence-corrected chi connectivity index (χ4v) is 2.65. The summed E-state index contributed by atoms with van der Waals surface area (Å²) in [5, 5.41) is 16.5. The second-order valence-corrected chi connectivity index (χ2v) is 6.56. The molecule has 24 heavy (non-hydrogen) atoms. The highest BCUT2D eigenvalue weighted by atomic mass is 16.4. The third kappa shape index (κ3) is 6.17. The molecule has 0 aliphatic heterocycles. The van der Waals surface area contributed by atoms with Crippen LogP contribution in [0.15, 0.2) is 0 Å². The summed E-state index contributed by atoms with van der Waals surface area (Å²) in [6.45, 7) is 4.63. The first kappa shape index (κ1) is 19.9. The summed E-state index contributed by atoms with van der Waals surface area (Å²) in [4.78, 5) is 46.7. The Balaban J connectivity index is 2.38. The molecule has 0 radical (unpaired) electrons. The monoisotopic (exact) mass is 341 g/mol. The molecule has 1 aliphatic rings. The normalized spacial score (nSPS) is 17.2. The summed E-state index contributed by atoms with van der Waals surface area (Å²) < 4.78 is 0. The Morgan fingerprint density at radius 1 is 1.04 bits per heavy atom. The van der Waals surface area contributed by atoms with E-state index in [4.69, 9.17) is 5.11 Å². The second kappa shape index (κ2) is 9.24. The van der Waals surface area contributed by atoms with Crippen LogP contribution >= 0.6 is 0 Å². The number of nitrogens with one attached hydrogen (secondary N) is 3. The van der Waals surface area contributed by atoms with E-state index >= 15 is 0 Å². The van der Waals surface area contributed by atoms with E-state index in [0.29, 0.717) is 0 Å². The predicted octanol–water partition coefficient (Wildman–Crippen LogP) is 0.0229. The average molecular weight is 341 g/mol. The standard InChI is InChI=1S/C16H27N3O5/c1-9(2)13(16(23)24)19-14(21)10(3)18-12(20)8-17-15(22)11-6-4-5-7-11/h9-11,13H,4-8H2,1-3H3,(H,17,22)(H,18,20)(H,19,21)(H,23,24). The molecular formula is C16H27N3O5. The molecule has 0 aromatic heterocycles. The molecule has 1 rings (SSSR count). The van der Waals surface area contributed by atoms with Crippen LogP contribution in [0.5, 0.6) is 0 Å². The molecule has 0 spiro atoms. The minimum Gasteiger partial charge on any atom is -0.480 e. The first-order chi connectivity index (χ1) is 11.2. The van der Waals surface area contributed by atoms with E-state index in [1.165, 1.54) is 6.92 Å². The van der Waals surface area contributed by atoms with Gasteiger partial charge in [0, 0.05) is 5.92 Å². The van der Waals surface area contributed by atoms with Crippen molar-refractivity contribution in [2.45, 2.75) is 58.5 Å². The number of carbonyl (C=O) groups is 4. The first-order valence-electron chi connectivity index (χ1n) is 8.32. The van der Waals surface area contributed by atoms with Crippen molar-refractivity contribution in [2.24, 2.45) is 11.8 Å². The van der Waals surface area contributed by atoms with Crippen LogP contribution in [-0.2, 0) is 19.2 Å². The SMILES string of the molecule is CC(NC(=O)CNC(=O)C1CCCC1)C(=O)NC(C(=O)O)C(C)C. The van der Waals surface area contributed by atoms with Gasteiger partial charge in [-0.25, -0.2) is 4.79 Å². The lowest BCUT2D eigenvalue weighted by atomic mass is 10.0. The molecule has 2 unspecified atom stereocenters. The molecule has 4 N–H and O–H groups in total. The Kier molecular flexibility index (Phi) is 7.67. The van der Waals surface area contributed by atoms with Gasteiger partial charge in [-0.2, -0.15) is 0 Å². The van der Waals surface area contributed by atoms with Crippen molar-refractivity contribution in [1.82, 2.24) is 16.0 Å². The van der Waals surface area contributed by atoms with E-state index in [2.05, 4.69) is 16.0 Å². The second-order valence-electron chi connectivity index (χ2n) is 6.56. The maximum atomic E-state index is 12.0. The van der Waals surface area contributed by atoms with Crippen LogP contribution in [0.1, 0.15) is 46.5 Å². The van der Waals surface area contributed by atoms with Crippen molar-refractivity contribution < 1.29 is 24.3 Å². The van der Waals surface area contributed by atoms with E-state index in [1.54, 1.807) is 13.8 Å². The van der Waals surface area contributed by atoms with Crippen LogP contribution in [0.3, 0.4) is 0 Å². The molecule has 1 aliphatic carbocycles. The number of rotatable bonds is 8. The van der Waals surface area contributed by atoms with Crippen molar-refractivity contribution >= 4 is 23.7 Å². The molecule has 2 atom stereocenters. The molecule has 0 saturated heterocycles. The summed E-state index contributed by atoms with van der Waals surface area (Å²) in [5.74, 6) is -2.63. The summed E-state index contributed by atoms with van der Waals surface area (Å²) in [7, 11) is 0. The summed E-state index contributed by atoms with van der Waals surface area (Å²) in [6, 6.07) is -1.90. The van der Waals surface area contributed by atoms with Crippen molar-refractivity contribution in [2.75, 3.05) is 6.54 Å². The maximum Gasteiger partial charge on any atom is 0.326 e. The molecule has 8 nitrogen and oxygen atoms in total. The Labute approximate surface area is 141 Å². The largest absolute Gasteiger partial charge is 0.480 e. The van der Waals surface area contributed by atoms with Gasteiger partial charge in [0.15, 0.2) is 0 Å². The number of carboxylic acids is 1. The van der Waals surface area contributed by atoms with Gasteiger partial charge in [-0.05, 0) is 25.7 Å². The smallest absolute Gasteiger partial charge is 0.326 e. The van der Waals surface area contributed by atoms with E-state index in [9.17, 15) is 19.2 Å². The van der Waals surface area contributed by atoms with Gasteiger partial charge in [-0.15, -0.1) is 0 Å². The summed E-state index contributed by atoms with van der Waals surface area (Å²) in [5.41, 5.74) is 0. The van der Waals surface area contributed by atoms with Crippen LogP contribution in [0, 0.1) is 11.8 Å². The molecule has 0 heterocycles. The van der Waals surface area contributed by atoms with Crippen molar-refractivity contribution in [1.29, 1.82) is 0 Å². The lowest BCUT2D eigenvalue weighted by Gasteiger charge is -2.21. The number of carboxylic acid groups (broad SMARTS) is 1. The Hall–Kier alpha value is -2.12. The lowest BCUT2D eigenvalue weighted by Crippen LogP contribution is -2.53. The van der Waals surface area contributed by atoms with Crippen LogP contribution in [-0.4, -0.2) is 47.4 Å². The topological polar surface area (TPSA) is 125 Å². The molecular weight excluding hydrogens is 314 g/mol. The zero-order valence-electron chi connectivity index (χ0n) is 14.4. The summed E-state index contributed by atoms with van der Waals surface area (Å²) in [6.07, 6.45) is 3.75. The number of hydrogen-bond donors (Lipinski definition) is 4. The van der Waals surface area contributed by atoms with Gasteiger partial charge in [0.2, 0.25) is 17.7 Å². The Morgan fingerprint density at radius 3 is 2.12 bits per heavy atom. The minimum atomic E-state index is -1.12.